The number of aromatic nitrogens is 2. The molecule has 2 aromatic rings. The van der Waals surface area contributed by atoms with Crippen LogP contribution in [0, 0.1) is 10.1 Å². The summed E-state index contributed by atoms with van der Waals surface area (Å²) in [7, 11) is 0. The molecule has 94 valence electrons. The van der Waals surface area contributed by atoms with Gasteiger partial charge in [-0.3, -0.25) is 10.1 Å². The van der Waals surface area contributed by atoms with Crippen LogP contribution in [0.3, 0.4) is 0 Å². The van der Waals surface area contributed by atoms with E-state index >= 15 is 0 Å². The third-order valence-corrected chi connectivity index (χ3v) is 3.08. The largest absolute Gasteiger partial charge is 0.352 e. The number of anilines is 1. The van der Waals surface area contributed by atoms with Crippen LogP contribution in [0.25, 0.3) is 11.0 Å². The third kappa shape index (κ3) is 2.00. The van der Waals surface area contributed by atoms with E-state index in [0.717, 1.165) is 25.0 Å². The second-order valence-corrected chi connectivity index (χ2v) is 4.38. The fourth-order valence-corrected chi connectivity index (χ4v) is 2.15. The summed E-state index contributed by atoms with van der Waals surface area (Å²) in [6, 6.07) is 4.98. The van der Waals surface area contributed by atoms with Gasteiger partial charge in [-0.1, -0.05) is 0 Å². The highest BCUT2D eigenvalue weighted by molar-refractivity contribution is 5.79. The van der Waals surface area contributed by atoms with Gasteiger partial charge in [0.05, 0.1) is 16.0 Å². The maximum atomic E-state index is 10.7. The molecule has 1 atom stereocenters. The molecule has 1 aromatic heterocycles. The van der Waals surface area contributed by atoms with Gasteiger partial charge in [-0.05, 0) is 19.0 Å². The molecule has 3 N–H and O–H groups in total. The number of aromatic amines is 1. The van der Waals surface area contributed by atoms with Crippen molar-refractivity contribution in [1.82, 2.24) is 15.3 Å². The van der Waals surface area contributed by atoms with Gasteiger partial charge < -0.3 is 15.6 Å². The molecular weight excluding hydrogens is 234 g/mol. The number of nitrogens with one attached hydrogen (secondary N) is 3. The Bertz CT molecular complexity index is 588. The molecule has 0 saturated carbocycles. The first-order chi connectivity index (χ1) is 8.72. The minimum Gasteiger partial charge on any atom is -0.352 e. The van der Waals surface area contributed by atoms with E-state index in [2.05, 4.69) is 20.6 Å². The summed E-state index contributed by atoms with van der Waals surface area (Å²) in [6.07, 6.45) is 1.05. The fourth-order valence-electron chi connectivity index (χ4n) is 2.15. The zero-order chi connectivity index (χ0) is 12.5. The summed E-state index contributed by atoms with van der Waals surface area (Å²) in [5.74, 6) is 0.666. The fraction of sp³-hybridized carbons (Fsp3) is 0.364. The van der Waals surface area contributed by atoms with Crippen molar-refractivity contribution in [3.63, 3.8) is 0 Å². The van der Waals surface area contributed by atoms with Crippen molar-refractivity contribution in [2.45, 2.75) is 12.5 Å². The van der Waals surface area contributed by atoms with Crippen LogP contribution < -0.4 is 10.6 Å². The van der Waals surface area contributed by atoms with E-state index in [-0.39, 0.29) is 5.69 Å². The summed E-state index contributed by atoms with van der Waals surface area (Å²) in [4.78, 5) is 17.7. The van der Waals surface area contributed by atoms with E-state index in [0.29, 0.717) is 17.5 Å². The van der Waals surface area contributed by atoms with E-state index in [1.165, 1.54) is 12.1 Å². The SMILES string of the molecule is O=[N+]([O-])c1ccc2nc(N[C@@H]3CCNC3)[nH]c2c1. The normalized spacial score (nSPS) is 19.2. The standard InChI is InChI=1S/C11H13N5O2/c17-16(18)8-1-2-9-10(5-8)15-11(14-9)13-7-3-4-12-6-7/h1-2,5,7,12H,3-4,6H2,(H2,13,14,15)/t7-/m1/s1. The minimum atomic E-state index is -0.408. The number of non-ortho nitro benzene ring substituents is 1. The Morgan fingerprint density at radius 2 is 2.39 bits per heavy atom. The number of nitro benzene ring substituents is 1. The topological polar surface area (TPSA) is 95.9 Å². The molecule has 0 aliphatic carbocycles. The van der Waals surface area contributed by atoms with Crippen LogP contribution in [0.4, 0.5) is 11.6 Å². The Balaban J connectivity index is 1.87. The highest BCUT2D eigenvalue weighted by atomic mass is 16.6. The molecule has 2 heterocycles. The van der Waals surface area contributed by atoms with E-state index < -0.39 is 4.92 Å². The van der Waals surface area contributed by atoms with E-state index in [1.807, 2.05) is 0 Å². The number of rotatable bonds is 3. The Hall–Kier alpha value is -2.15. The van der Waals surface area contributed by atoms with Crippen molar-refractivity contribution in [1.29, 1.82) is 0 Å². The molecular formula is C11H13N5O2. The van der Waals surface area contributed by atoms with Crippen LogP contribution in [0.5, 0.6) is 0 Å². The smallest absolute Gasteiger partial charge is 0.271 e. The van der Waals surface area contributed by atoms with Gasteiger partial charge in [-0.15, -0.1) is 0 Å². The molecule has 7 heteroatoms. The van der Waals surface area contributed by atoms with Crippen LogP contribution in [0.2, 0.25) is 0 Å². The van der Waals surface area contributed by atoms with Crippen LogP contribution in [0.1, 0.15) is 6.42 Å². The molecule has 7 nitrogen and oxygen atoms in total. The zero-order valence-corrected chi connectivity index (χ0v) is 9.64. The number of benzene rings is 1. The number of hydrogen-bond acceptors (Lipinski definition) is 5. The van der Waals surface area contributed by atoms with Crippen molar-refractivity contribution in [3.05, 3.63) is 28.3 Å². The molecule has 1 aromatic carbocycles. The van der Waals surface area contributed by atoms with E-state index in [4.69, 9.17) is 0 Å². The lowest BCUT2D eigenvalue weighted by molar-refractivity contribution is -0.384. The van der Waals surface area contributed by atoms with Crippen molar-refractivity contribution in [2.24, 2.45) is 0 Å². The molecule has 1 saturated heterocycles. The number of imidazole rings is 1. The minimum absolute atomic E-state index is 0.0697. The predicted octanol–water partition coefficient (Wildman–Crippen LogP) is 1.24. The zero-order valence-electron chi connectivity index (χ0n) is 9.64. The summed E-state index contributed by atoms with van der Waals surface area (Å²) in [5, 5.41) is 17.2. The predicted molar refractivity (Wildman–Crippen MR) is 67.6 cm³/mol. The van der Waals surface area contributed by atoms with Crippen molar-refractivity contribution in [3.8, 4) is 0 Å². The lowest BCUT2D eigenvalue weighted by Gasteiger charge is -2.08. The van der Waals surface area contributed by atoms with Crippen molar-refractivity contribution < 1.29 is 4.92 Å². The number of nitrogens with zero attached hydrogens (tertiary/aromatic N) is 2. The number of nitro groups is 1. The first kappa shape index (κ1) is 11.0. The lowest BCUT2D eigenvalue weighted by atomic mass is 10.3. The molecule has 1 aliphatic rings. The van der Waals surface area contributed by atoms with Crippen LogP contribution in [0.15, 0.2) is 18.2 Å². The molecule has 18 heavy (non-hydrogen) atoms. The molecule has 1 aliphatic heterocycles. The summed E-state index contributed by atoms with van der Waals surface area (Å²) < 4.78 is 0. The second kappa shape index (κ2) is 4.26. The number of hydrogen-bond donors (Lipinski definition) is 3. The van der Waals surface area contributed by atoms with Gasteiger partial charge >= 0.3 is 0 Å². The van der Waals surface area contributed by atoms with Gasteiger partial charge in [-0.25, -0.2) is 4.98 Å². The van der Waals surface area contributed by atoms with E-state index in [9.17, 15) is 10.1 Å². The van der Waals surface area contributed by atoms with Crippen molar-refractivity contribution in [2.75, 3.05) is 18.4 Å². The quantitative estimate of drug-likeness (QED) is 0.560. The van der Waals surface area contributed by atoms with Gasteiger partial charge in [0, 0.05) is 24.7 Å². The van der Waals surface area contributed by atoms with Crippen LogP contribution >= 0.6 is 0 Å². The van der Waals surface area contributed by atoms with E-state index in [1.54, 1.807) is 6.07 Å². The first-order valence-corrected chi connectivity index (χ1v) is 5.84. The Morgan fingerprint density at radius 3 is 3.11 bits per heavy atom. The molecule has 0 radical (unpaired) electrons. The maximum Gasteiger partial charge on any atom is 0.271 e. The monoisotopic (exact) mass is 247 g/mol. The molecule has 0 bridgehead atoms. The molecule has 0 amide bonds. The molecule has 3 rings (SSSR count). The molecule has 1 fully saturated rings. The van der Waals surface area contributed by atoms with Crippen molar-refractivity contribution >= 4 is 22.7 Å². The molecule has 0 spiro atoms. The average molecular weight is 247 g/mol. The third-order valence-electron chi connectivity index (χ3n) is 3.08. The lowest BCUT2D eigenvalue weighted by Crippen LogP contribution is -2.22. The van der Waals surface area contributed by atoms with Crippen LogP contribution in [-0.2, 0) is 0 Å². The number of fused-ring (bicyclic) bond motifs is 1. The average Bonchev–Trinajstić information content (AvgIpc) is 2.96. The maximum absolute atomic E-state index is 10.7. The Labute approximate surface area is 103 Å². The summed E-state index contributed by atoms with van der Waals surface area (Å²) in [5.41, 5.74) is 1.48. The summed E-state index contributed by atoms with van der Waals surface area (Å²) in [6.45, 7) is 1.92. The second-order valence-electron chi connectivity index (χ2n) is 4.38. The Kier molecular flexibility index (Phi) is 2.60. The number of H-pyrrole nitrogens is 1. The first-order valence-electron chi connectivity index (χ1n) is 5.84. The molecule has 0 unspecified atom stereocenters. The highest BCUT2D eigenvalue weighted by Crippen LogP contribution is 2.21. The highest BCUT2D eigenvalue weighted by Gasteiger charge is 2.16. The Morgan fingerprint density at radius 1 is 1.50 bits per heavy atom. The van der Waals surface area contributed by atoms with Gasteiger partial charge in [0.2, 0.25) is 5.95 Å². The van der Waals surface area contributed by atoms with Gasteiger partial charge in [0.25, 0.3) is 5.69 Å². The van der Waals surface area contributed by atoms with Gasteiger partial charge in [0.1, 0.15) is 0 Å². The van der Waals surface area contributed by atoms with Gasteiger partial charge in [0.15, 0.2) is 0 Å². The van der Waals surface area contributed by atoms with Gasteiger partial charge in [-0.2, -0.15) is 0 Å². The summed E-state index contributed by atoms with van der Waals surface area (Å²) >= 11 is 0. The van der Waals surface area contributed by atoms with Crippen LogP contribution in [-0.4, -0.2) is 34.0 Å².